The molecule has 158 valence electrons. The van der Waals surface area contributed by atoms with Gasteiger partial charge in [0.2, 0.25) is 0 Å². The fraction of sp³-hybridized carbons (Fsp3) is 0.250. The van der Waals surface area contributed by atoms with Crippen LogP contribution in [0.3, 0.4) is 0 Å². The third-order valence-corrected chi connectivity index (χ3v) is 6.76. The predicted octanol–water partition coefficient (Wildman–Crippen LogP) is 4.27. The van der Waals surface area contributed by atoms with E-state index in [4.69, 9.17) is 4.74 Å². The summed E-state index contributed by atoms with van der Waals surface area (Å²) in [6.45, 7) is 2.98. The standard InChI is InChI=1S/C24H24N4O2S/c1-26-21-6-4-3-5-17(21)15-22(26)23-25-20(16-31-23)24(29)28-13-11-27(12-14-28)18-7-9-19(30-2)10-8-18/h3-10,15-16H,11-14H2,1-2H3. The van der Waals surface area contributed by atoms with Crippen LogP contribution in [0, 0.1) is 0 Å². The second-order valence-electron chi connectivity index (χ2n) is 7.66. The number of aromatic nitrogens is 2. The van der Waals surface area contributed by atoms with Crippen LogP contribution >= 0.6 is 11.3 Å². The molecule has 31 heavy (non-hydrogen) atoms. The first-order chi connectivity index (χ1) is 15.1. The Morgan fingerprint density at radius 2 is 1.77 bits per heavy atom. The fourth-order valence-electron chi connectivity index (χ4n) is 4.11. The number of rotatable bonds is 4. The number of amides is 1. The molecule has 6 nitrogen and oxygen atoms in total. The van der Waals surface area contributed by atoms with Gasteiger partial charge in [0.1, 0.15) is 16.5 Å². The lowest BCUT2D eigenvalue weighted by atomic mass is 10.2. The average Bonchev–Trinajstić information content (AvgIpc) is 3.44. The van der Waals surface area contributed by atoms with Gasteiger partial charge in [-0.15, -0.1) is 11.3 Å². The minimum absolute atomic E-state index is 0.00986. The van der Waals surface area contributed by atoms with Crippen molar-refractivity contribution in [2.75, 3.05) is 38.2 Å². The van der Waals surface area contributed by atoms with E-state index in [0.717, 1.165) is 40.7 Å². The van der Waals surface area contributed by atoms with Crippen molar-refractivity contribution in [1.82, 2.24) is 14.5 Å². The molecule has 0 N–H and O–H groups in total. The topological polar surface area (TPSA) is 50.6 Å². The Kier molecular flexibility index (Phi) is 5.11. The number of hydrogen-bond acceptors (Lipinski definition) is 5. The van der Waals surface area contributed by atoms with E-state index in [0.29, 0.717) is 18.8 Å². The molecule has 2 aromatic carbocycles. The van der Waals surface area contributed by atoms with Crippen LogP contribution in [-0.2, 0) is 7.05 Å². The van der Waals surface area contributed by atoms with Gasteiger partial charge in [-0.25, -0.2) is 4.98 Å². The van der Waals surface area contributed by atoms with E-state index in [1.54, 1.807) is 7.11 Å². The summed E-state index contributed by atoms with van der Waals surface area (Å²) in [5.41, 5.74) is 3.88. The Balaban J connectivity index is 1.28. The number of para-hydroxylation sites is 1. The second kappa shape index (κ2) is 8.07. The summed E-state index contributed by atoms with van der Waals surface area (Å²) in [6.07, 6.45) is 0. The lowest BCUT2D eigenvalue weighted by molar-refractivity contribution is 0.0742. The summed E-state index contributed by atoms with van der Waals surface area (Å²) in [5.74, 6) is 0.860. The number of piperazine rings is 1. The SMILES string of the molecule is COc1ccc(N2CCN(C(=O)c3csc(-c4cc5ccccc5n4C)n3)CC2)cc1. The molecule has 2 aromatic heterocycles. The summed E-state index contributed by atoms with van der Waals surface area (Å²) in [7, 11) is 3.71. The quantitative estimate of drug-likeness (QED) is 0.483. The van der Waals surface area contributed by atoms with Crippen molar-refractivity contribution >= 4 is 33.8 Å². The van der Waals surface area contributed by atoms with E-state index in [-0.39, 0.29) is 5.91 Å². The van der Waals surface area contributed by atoms with Gasteiger partial charge in [0.15, 0.2) is 0 Å². The number of fused-ring (bicyclic) bond motifs is 1. The van der Waals surface area contributed by atoms with E-state index in [1.165, 1.54) is 16.7 Å². The number of carbonyl (C=O) groups excluding carboxylic acids is 1. The van der Waals surface area contributed by atoms with Gasteiger partial charge < -0.3 is 19.1 Å². The molecule has 1 fully saturated rings. The summed E-state index contributed by atoms with van der Waals surface area (Å²) in [6, 6.07) is 18.5. The van der Waals surface area contributed by atoms with Crippen molar-refractivity contribution in [2.24, 2.45) is 7.05 Å². The average molecular weight is 433 g/mol. The van der Waals surface area contributed by atoms with Gasteiger partial charge in [0, 0.05) is 55.2 Å². The normalized spacial score (nSPS) is 14.3. The lowest BCUT2D eigenvalue weighted by Crippen LogP contribution is -2.48. The van der Waals surface area contributed by atoms with Gasteiger partial charge in [0.05, 0.1) is 12.8 Å². The zero-order valence-corrected chi connectivity index (χ0v) is 18.4. The van der Waals surface area contributed by atoms with Crippen LogP contribution in [0.25, 0.3) is 21.6 Å². The molecule has 3 heterocycles. The third kappa shape index (κ3) is 3.65. The third-order valence-electron chi connectivity index (χ3n) is 5.90. The maximum Gasteiger partial charge on any atom is 0.273 e. The largest absolute Gasteiger partial charge is 0.497 e. The Hall–Kier alpha value is -3.32. The zero-order chi connectivity index (χ0) is 21.4. The van der Waals surface area contributed by atoms with Crippen molar-refractivity contribution in [2.45, 2.75) is 0 Å². The highest BCUT2D eigenvalue weighted by molar-refractivity contribution is 7.13. The van der Waals surface area contributed by atoms with Crippen LogP contribution in [0.15, 0.2) is 60.0 Å². The van der Waals surface area contributed by atoms with E-state index in [9.17, 15) is 4.79 Å². The van der Waals surface area contributed by atoms with Crippen LogP contribution in [0.4, 0.5) is 5.69 Å². The minimum Gasteiger partial charge on any atom is -0.497 e. The smallest absolute Gasteiger partial charge is 0.273 e. The molecule has 1 amide bonds. The Bertz CT molecular complexity index is 1220. The molecule has 0 aliphatic carbocycles. The number of aryl methyl sites for hydroxylation is 1. The fourth-order valence-corrected chi connectivity index (χ4v) is 4.95. The van der Waals surface area contributed by atoms with Crippen LogP contribution in [-0.4, -0.2) is 53.6 Å². The highest BCUT2D eigenvalue weighted by Crippen LogP contribution is 2.30. The number of methoxy groups -OCH3 is 1. The molecule has 7 heteroatoms. The molecule has 4 aromatic rings. The van der Waals surface area contributed by atoms with Gasteiger partial charge >= 0.3 is 0 Å². The molecule has 0 unspecified atom stereocenters. The van der Waals surface area contributed by atoms with Crippen LogP contribution in [0.1, 0.15) is 10.5 Å². The molecule has 0 bridgehead atoms. The minimum atomic E-state index is 0.00986. The number of benzene rings is 2. The number of nitrogens with zero attached hydrogens (tertiary/aromatic N) is 4. The summed E-state index contributed by atoms with van der Waals surface area (Å²) >= 11 is 1.52. The van der Waals surface area contributed by atoms with Crippen molar-refractivity contribution in [1.29, 1.82) is 0 Å². The Morgan fingerprint density at radius 1 is 1.03 bits per heavy atom. The molecule has 1 saturated heterocycles. The van der Waals surface area contributed by atoms with E-state index in [2.05, 4.69) is 44.8 Å². The van der Waals surface area contributed by atoms with Crippen molar-refractivity contribution < 1.29 is 9.53 Å². The monoisotopic (exact) mass is 432 g/mol. The number of thiazole rings is 1. The molecule has 5 rings (SSSR count). The van der Waals surface area contributed by atoms with Crippen molar-refractivity contribution in [3.63, 3.8) is 0 Å². The maximum absolute atomic E-state index is 13.1. The molecular weight excluding hydrogens is 408 g/mol. The molecule has 1 aliphatic heterocycles. The van der Waals surface area contributed by atoms with Gasteiger partial charge in [-0.05, 0) is 36.4 Å². The number of anilines is 1. The highest BCUT2D eigenvalue weighted by Gasteiger charge is 2.24. The lowest BCUT2D eigenvalue weighted by Gasteiger charge is -2.35. The first-order valence-electron chi connectivity index (χ1n) is 10.3. The van der Waals surface area contributed by atoms with E-state index < -0.39 is 0 Å². The van der Waals surface area contributed by atoms with Crippen molar-refractivity contribution in [3.8, 4) is 16.5 Å². The Morgan fingerprint density at radius 3 is 2.48 bits per heavy atom. The number of carbonyl (C=O) groups is 1. The van der Waals surface area contributed by atoms with Crippen LogP contribution in [0.5, 0.6) is 5.75 Å². The maximum atomic E-state index is 13.1. The van der Waals surface area contributed by atoms with Gasteiger partial charge in [-0.2, -0.15) is 0 Å². The highest BCUT2D eigenvalue weighted by atomic mass is 32.1. The Labute approximate surface area is 185 Å². The molecule has 0 saturated carbocycles. The number of hydrogen-bond donors (Lipinski definition) is 0. The molecule has 0 radical (unpaired) electrons. The summed E-state index contributed by atoms with van der Waals surface area (Å²) < 4.78 is 7.37. The van der Waals surface area contributed by atoms with Gasteiger partial charge in [-0.1, -0.05) is 18.2 Å². The van der Waals surface area contributed by atoms with Crippen LogP contribution in [0.2, 0.25) is 0 Å². The van der Waals surface area contributed by atoms with Gasteiger partial charge in [0.25, 0.3) is 5.91 Å². The van der Waals surface area contributed by atoms with E-state index in [1.807, 2.05) is 41.6 Å². The first-order valence-corrected chi connectivity index (χ1v) is 11.2. The predicted molar refractivity (Wildman–Crippen MR) is 125 cm³/mol. The first kappa shape index (κ1) is 19.6. The summed E-state index contributed by atoms with van der Waals surface area (Å²) in [5, 5.41) is 3.93. The molecule has 0 spiro atoms. The zero-order valence-electron chi connectivity index (χ0n) is 17.6. The molecular formula is C24H24N4O2S. The molecule has 0 atom stereocenters. The molecule has 1 aliphatic rings. The summed E-state index contributed by atoms with van der Waals surface area (Å²) in [4.78, 5) is 21.9. The van der Waals surface area contributed by atoms with Crippen LogP contribution < -0.4 is 9.64 Å². The van der Waals surface area contributed by atoms with Gasteiger partial charge in [-0.3, -0.25) is 4.79 Å². The van der Waals surface area contributed by atoms with E-state index >= 15 is 0 Å². The number of ether oxygens (including phenoxy) is 1. The van der Waals surface area contributed by atoms with Crippen molar-refractivity contribution in [3.05, 3.63) is 65.7 Å². The second-order valence-corrected chi connectivity index (χ2v) is 8.52.